The van der Waals surface area contributed by atoms with E-state index in [-0.39, 0.29) is 22.2 Å². The van der Waals surface area contributed by atoms with Crippen LogP contribution in [0, 0.1) is 0 Å². The largest absolute Gasteiger partial charge is 0.813 e. The maximum Gasteiger partial charge on any atom is 0.395 e. The molecule has 0 saturated carbocycles. The molecule has 0 bridgehead atoms. The summed E-state index contributed by atoms with van der Waals surface area (Å²) in [5.74, 6) is 0.620. The Morgan fingerprint density at radius 3 is 2.08 bits per heavy atom. The fourth-order valence-corrected chi connectivity index (χ4v) is 0.732. The summed E-state index contributed by atoms with van der Waals surface area (Å²) in [6.45, 7) is 4.00. The van der Waals surface area contributed by atoms with Crippen LogP contribution >= 0.6 is 8.69 Å². The van der Waals surface area contributed by atoms with E-state index in [9.17, 15) is 4.57 Å². The van der Waals surface area contributed by atoms with E-state index < -0.39 is 0 Å². The zero-order valence-corrected chi connectivity index (χ0v) is 8.89. The van der Waals surface area contributed by atoms with Crippen molar-refractivity contribution in [2.75, 3.05) is 0 Å². The number of para-hydroxylation sites is 1. The van der Waals surface area contributed by atoms with E-state index in [1.165, 1.54) is 0 Å². The fourth-order valence-electron chi connectivity index (χ4n) is 0.524. The minimum Gasteiger partial charge on any atom is -0.813 e. The molecular weight excluding hydrogens is 191 g/mol. The van der Waals surface area contributed by atoms with E-state index >= 15 is 0 Å². The molecule has 1 aromatic carbocycles. The summed E-state index contributed by atoms with van der Waals surface area (Å²) in [7, 11) is -0.305. The maximum atomic E-state index is 9.85. The van der Waals surface area contributed by atoms with Gasteiger partial charge in [-0.25, -0.2) is 4.57 Å². The predicted octanol–water partition coefficient (Wildman–Crippen LogP) is 3.03. The monoisotopic (exact) mass is 203 g/mol. The molecule has 0 unspecified atom stereocenters. The second-order valence-electron chi connectivity index (χ2n) is 1.48. The van der Waals surface area contributed by atoms with Crippen LogP contribution in [-0.2, 0) is 18.1 Å². The second-order valence-corrected chi connectivity index (χ2v) is 1.81. The van der Waals surface area contributed by atoms with Crippen LogP contribution in [0.1, 0.15) is 13.8 Å². The van der Waals surface area contributed by atoms with Gasteiger partial charge in [0.1, 0.15) is 5.75 Å². The van der Waals surface area contributed by atoms with E-state index in [0.717, 1.165) is 0 Å². The van der Waals surface area contributed by atoms with E-state index in [0.29, 0.717) is 5.75 Å². The highest BCUT2D eigenvalue weighted by Crippen LogP contribution is 2.12. The molecule has 0 saturated heterocycles. The first kappa shape index (κ1) is 14.0. The van der Waals surface area contributed by atoms with Gasteiger partial charge < -0.3 is 18.0 Å². The van der Waals surface area contributed by atoms with Gasteiger partial charge in [0.15, 0.2) is 0 Å². The zero-order valence-electron chi connectivity index (χ0n) is 7.10. The van der Waals surface area contributed by atoms with Gasteiger partial charge in [0.25, 0.3) is 0 Å². The average Bonchev–Trinajstić information content (AvgIpc) is 2.11. The highest BCUT2D eigenvalue weighted by atomic mass is 32.1. The van der Waals surface area contributed by atoms with Crippen molar-refractivity contribution in [1.82, 2.24) is 0 Å². The molecule has 0 radical (unpaired) electrons. The summed E-state index contributed by atoms with van der Waals surface area (Å²) >= 11 is 0. The van der Waals surface area contributed by atoms with Crippen LogP contribution in [0.5, 0.6) is 5.75 Å². The van der Waals surface area contributed by atoms with Gasteiger partial charge in [-0.15, -0.1) is 0 Å². The predicted molar refractivity (Wildman–Crippen MR) is 54.8 cm³/mol. The normalized spacial score (nSPS) is 7.50. The minimum absolute atomic E-state index is 0. The number of thiol groups is 1. The first-order chi connectivity index (χ1) is 5.43. The Hall–Kier alpha value is -0.530. The Bertz CT molecular complexity index is 192. The highest BCUT2D eigenvalue weighted by molar-refractivity contribution is 7.37. The summed E-state index contributed by atoms with van der Waals surface area (Å²) in [5.41, 5.74) is 0. The molecule has 68 valence electrons. The van der Waals surface area contributed by atoms with Crippen LogP contribution in [0.15, 0.2) is 30.3 Å². The lowest BCUT2D eigenvalue weighted by Crippen LogP contribution is -1.70. The van der Waals surface area contributed by atoms with Crippen molar-refractivity contribution in [3.8, 4) is 5.75 Å². The lowest BCUT2D eigenvalue weighted by Gasteiger charge is -1.90. The third-order valence-corrected chi connectivity index (χ3v) is 1.17. The van der Waals surface area contributed by atoms with Crippen molar-refractivity contribution in [2.24, 2.45) is 0 Å². The molecule has 1 rings (SSSR count). The van der Waals surface area contributed by atoms with Crippen molar-refractivity contribution >= 4 is 22.2 Å². The summed E-state index contributed by atoms with van der Waals surface area (Å²) in [4.78, 5) is 0. The van der Waals surface area contributed by atoms with Crippen molar-refractivity contribution in [3.63, 3.8) is 0 Å². The number of hydrogen-bond acceptors (Lipinski definition) is 3. The van der Waals surface area contributed by atoms with Crippen molar-refractivity contribution in [1.29, 1.82) is 0 Å². The quantitative estimate of drug-likeness (QED) is 0.420. The van der Waals surface area contributed by atoms with Crippen LogP contribution in [-0.4, -0.2) is 0 Å². The lowest BCUT2D eigenvalue weighted by molar-refractivity contribution is 0.525. The van der Waals surface area contributed by atoms with Gasteiger partial charge in [0.05, 0.1) is 0 Å². The van der Waals surface area contributed by atoms with Gasteiger partial charge >= 0.3 is 8.69 Å². The Morgan fingerprint density at radius 2 is 1.67 bits per heavy atom. The molecule has 0 aromatic heterocycles. The molecule has 0 aliphatic carbocycles. The summed E-state index contributed by atoms with van der Waals surface area (Å²) < 4.78 is 14.5. The van der Waals surface area contributed by atoms with Gasteiger partial charge in [-0.05, 0) is 12.1 Å². The molecule has 1 aromatic rings. The molecular formula is C8H12O2PS-. The van der Waals surface area contributed by atoms with Gasteiger partial charge in [0, 0.05) is 0 Å². The SMILES string of the molecule is CC.O=POc1ccccc1.[SH-]. The van der Waals surface area contributed by atoms with Crippen LogP contribution < -0.4 is 4.52 Å². The summed E-state index contributed by atoms with van der Waals surface area (Å²) in [5, 5.41) is 0. The van der Waals surface area contributed by atoms with Gasteiger partial charge in [0.2, 0.25) is 0 Å². The number of benzene rings is 1. The minimum atomic E-state index is -0.305. The molecule has 0 N–H and O–H groups in total. The standard InChI is InChI=1S/C6H5O2P.C2H6.H2S/c7-9-8-6-4-2-1-3-5-6;1-2;/h1-5H;1-2H3;1H2/p-1. The van der Waals surface area contributed by atoms with Crippen LogP contribution in [0.4, 0.5) is 0 Å². The Morgan fingerprint density at radius 1 is 1.17 bits per heavy atom. The molecule has 0 heterocycles. The van der Waals surface area contributed by atoms with Gasteiger partial charge in [-0.3, -0.25) is 0 Å². The van der Waals surface area contributed by atoms with Crippen molar-refractivity contribution in [2.45, 2.75) is 13.8 Å². The van der Waals surface area contributed by atoms with E-state index in [1.807, 2.05) is 32.0 Å². The second kappa shape index (κ2) is 10.5. The van der Waals surface area contributed by atoms with E-state index in [4.69, 9.17) is 0 Å². The summed E-state index contributed by atoms with van der Waals surface area (Å²) in [6, 6.07) is 8.99. The molecule has 0 fully saturated rings. The topological polar surface area (TPSA) is 26.3 Å². The Balaban J connectivity index is 0. The lowest BCUT2D eigenvalue weighted by atomic mass is 10.3. The summed E-state index contributed by atoms with van der Waals surface area (Å²) in [6.07, 6.45) is 0. The third-order valence-electron chi connectivity index (χ3n) is 0.886. The van der Waals surface area contributed by atoms with E-state index in [2.05, 4.69) is 4.52 Å². The van der Waals surface area contributed by atoms with Gasteiger partial charge in [-0.1, -0.05) is 32.0 Å². The highest BCUT2D eigenvalue weighted by Gasteiger charge is 1.85. The first-order valence-corrected chi connectivity index (χ1v) is 4.21. The van der Waals surface area contributed by atoms with Crippen LogP contribution in [0.2, 0.25) is 0 Å². The van der Waals surface area contributed by atoms with Crippen molar-refractivity contribution in [3.05, 3.63) is 30.3 Å². The number of hydrogen-bond donors (Lipinski definition) is 0. The smallest absolute Gasteiger partial charge is 0.395 e. The molecule has 0 aliphatic rings. The molecule has 0 amide bonds. The molecule has 2 nitrogen and oxygen atoms in total. The Kier molecular flexibility index (Phi) is 12.2. The maximum absolute atomic E-state index is 9.85. The fraction of sp³-hybridized carbons (Fsp3) is 0.250. The van der Waals surface area contributed by atoms with Crippen LogP contribution in [0.3, 0.4) is 0 Å². The zero-order chi connectivity index (χ0) is 8.53. The first-order valence-electron chi connectivity index (χ1n) is 3.48. The average molecular weight is 203 g/mol. The third kappa shape index (κ3) is 6.20. The Labute approximate surface area is 81.7 Å². The van der Waals surface area contributed by atoms with Crippen molar-refractivity contribution < 1.29 is 9.09 Å². The van der Waals surface area contributed by atoms with Gasteiger partial charge in [-0.2, -0.15) is 0 Å². The molecule has 0 aliphatic heterocycles. The number of rotatable bonds is 2. The van der Waals surface area contributed by atoms with E-state index in [1.54, 1.807) is 12.1 Å². The van der Waals surface area contributed by atoms with Crippen LogP contribution in [0.25, 0.3) is 0 Å². The molecule has 0 spiro atoms. The molecule has 4 heteroatoms. The molecule has 12 heavy (non-hydrogen) atoms. The molecule has 0 atom stereocenters.